The average Bonchev–Trinajstić information content (AvgIpc) is 2.37. The van der Waals surface area contributed by atoms with E-state index in [0.717, 1.165) is 21.6 Å². The van der Waals surface area contributed by atoms with Crippen molar-refractivity contribution in [2.45, 2.75) is 6.54 Å². The van der Waals surface area contributed by atoms with Gasteiger partial charge in [0.25, 0.3) is 0 Å². The number of methoxy groups -OCH3 is 1. The third-order valence-corrected chi connectivity index (χ3v) is 3.12. The van der Waals surface area contributed by atoms with Crippen LogP contribution in [-0.4, -0.2) is 12.1 Å². The molecule has 2 rings (SSSR count). The fourth-order valence-corrected chi connectivity index (χ4v) is 2.15. The molecule has 0 aliphatic rings. The number of pyridine rings is 1. The minimum atomic E-state index is 0.473. The monoisotopic (exact) mass is 326 g/mol. The molecule has 0 spiro atoms. The van der Waals surface area contributed by atoms with Crippen molar-refractivity contribution in [1.29, 1.82) is 0 Å². The van der Waals surface area contributed by atoms with Crippen LogP contribution in [0.2, 0.25) is 5.15 Å². The van der Waals surface area contributed by atoms with Crippen LogP contribution in [0.3, 0.4) is 0 Å². The quantitative estimate of drug-likeness (QED) is 0.858. The summed E-state index contributed by atoms with van der Waals surface area (Å²) in [4.78, 5) is 4.17. The van der Waals surface area contributed by atoms with E-state index in [9.17, 15) is 0 Å². The van der Waals surface area contributed by atoms with Gasteiger partial charge in [-0.1, -0.05) is 33.6 Å². The highest BCUT2D eigenvalue weighted by molar-refractivity contribution is 9.10. The zero-order valence-electron chi connectivity index (χ0n) is 9.78. The lowest BCUT2D eigenvalue weighted by Gasteiger charge is -2.10. The van der Waals surface area contributed by atoms with Gasteiger partial charge in [0, 0.05) is 16.6 Å². The molecule has 2 aromatic rings. The Morgan fingerprint density at radius 1 is 1.33 bits per heavy atom. The van der Waals surface area contributed by atoms with Crippen LogP contribution < -0.4 is 10.1 Å². The molecule has 0 radical (unpaired) electrons. The molecule has 0 atom stereocenters. The average molecular weight is 328 g/mol. The SMILES string of the molecule is COc1ccc(Br)cc1CNc1cccc(Cl)n1. The summed E-state index contributed by atoms with van der Waals surface area (Å²) < 4.78 is 6.32. The molecule has 1 N–H and O–H groups in total. The van der Waals surface area contributed by atoms with Crippen molar-refractivity contribution in [3.63, 3.8) is 0 Å². The van der Waals surface area contributed by atoms with Crippen molar-refractivity contribution in [1.82, 2.24) is 4.98 Å². The summed E-state index contributed by atoms with van der Waals surface area (Å²) in [6.07, 6.45) is 0. The van der Waals surface area contributed by atoms with Crippen molar-refractivity contribution in [3.05, 3.63) is 51.6 Å². The van der Waals surface area contributed by atoms with E-state index < -0.39 is 0 Å². The van der Waals surface area contributed by atoms with Gasteiger partial charge in [-0.15, -0.1) is 0 Å². The first kappa shape index (κ1) is 13.2. The maximum Gasteiger partial charge on any atom is 0.131 e. The predicted molar refractivity (Wildman–Crippen MR) is 77.3 cm³/mol. The smallest absolute Gasteiger partial charge is 0.131 e. The van der Waals surface area contributed by atoms with Gasteiger partial charge >= 0.3 is 0 Å². The maximum absolute atomic E-state index is 5.83. The van der Waals surface area contributed by atoms with E-state index >= 15 is 0 Å². The first-order chi connectivity index (χ1) is 8.69. The minimum absolute atomic E-state index is 0.473. The van der Waals surface area contributed by atoms with E-state index in [1.807, 2.05) is 30.3 Å². The van der Waals surface area contributed by atoms with Crippen LogP contribution in [0, 0.1) is 0 Å². The molecule has 0 unspecified atom stereocenters. The zero-order chi connectivity index (χ0) is 13.0. The lowest BCUT2D eigenvalue weighted by molar-refractivity contribution is 0.410. The Morgan fingerprint density at radius 2 is 2.17 bits per heavy atom. The summed E-state index contributed by atoms with van der Waals surface area (Å²) in [5.74, 6) is 1.58. The third kappa shape index (κ3) is 3.37. The fraction of sp³-hybridized carbons (Fsp3) is 0.154. The van der Waals surface area contributed by atoms with E-state index in [2.05, 4.69) is 26.2 Å². The highest BCUT2D eigenvalue weighted by Gasteiger charge is 2.04. The maximum atomic E-state index is 5.83. The number of nitrogens with zero attached hydrogens (tertiary/aromatic N) is 1. The molecule has 18 heavy (non-hydrogen) atoms. The van der Waals surface area contributed by atoms with Crippen LogP contribution in [0.15, 0.2) is 40.9 Å². The molecule has 1 aromatic carbocycles. The Kier molecular flexibility index (Phi) is 4.44. The molecule has 1 aromatic heterocycles. The molecule has 3 nitrogen and oxygen atoms in total. The number of hydrogen-bond donors (Lipinski definition) is 1. The topological polar surface area (TPSA) is 34.1 Å². The summed E-state index contributed by atoms with van der Waals surface area (Å²) in [5.41, 5.74) is 1.05. The molecule has 5 heteroatoms. The molecule has 0 aliphatic carbocycles. The Balaban J connectivity index is 2.12. The number of halogens is 2. The zero-order valence-corrected chi connectivity index (χ0v) is 12.1. The minimum Gasteiger partial charge on any atom is -0.496 e. The van der Waals surface area contributed by atoms with E-state index in [-0.39, 0.29) is 0 Å². The normalized spacial score (nSPS) is 10.2. The molecule has 94 valence electrons. The molecule has 0 saturated heterocycles. The summed E-state index contributed by atoms with van der Waals surface area (Å²) in [5, 5.41) is 3.68. The second-order valence-electron chi connectivity index (χ2n) is 3.66. The highest BCUT2D eigenvalue weighted by atomic mass is 79.9. The molecule has 0 saturated carbocycles. The van der Waals surface area contributed by atoms with Gasteiger partial charge in [-0.2, -0.15) is 0 Å². The Hall–Kier alpha value is -1.26. The lowest BCUT2D eigenvalue weighted by atomic mass is 10.2. The van der Waals surface area contributed by atoms with Crippen LogP contribution >= 0.6 is 27.5 Å². The molecule has 0 aliphatic heterocycles. The van der Waals surface area contributed by atoms with Crippen molar-refractivity contribution in [2.75, 3.05) is 12.4 Å². The first-order valence-electron chi connectivity index (χ1n) is 5.38. The van der Waals surface area contributed by atoms with Gasteiger partial charge in [0.05, 0.1) is 7.11 Å². The number of aromatic nitrogens is 1. The van der Waals surface area contributed by atoms with E-state index in [1.165, 1.54) is 0 Å². The van der Waals surface area contributed by atoms with Crippen LogP contribution in [0.4, 0.5) is 5.82 Å². The predicted octanol–water partition coefficient (Wildman–Crippen LogP) is 4.12. The highest BCUT2D eigenvalue weighted by Crippen LogP contribution is 2.23. The summed E-state index contributed by atoms with van der Waals surface area (Å²) in [7, 11) is 1.66. The molecule has 1 heterocycles. The van der Waals surface area contributed by atoms with Crippen molar-refractivity contribution in [2.24, 2.45) is 0 Å². The number of benzene rings is 1. The van der Waals surface area contributed by atoms with Crippen LogP contribution in [0.5, 0.6) is 5.75 Å². The number of hydrogen-bond acceptors (Lipinski definition) is 3. The Bertz CT molecular complexity index is 548. The second kappa shape index (κ2) is 6.07. The Morgan fingerprint density at radius 3 is 2.89 bits per heavy atom. The Labute approximate surface area is 119 Å². The van der Waals surface area contributed by atoms with Crippen molar-refractivity contribution >= 4 is 33.3 Å². The van der Waals surface area contributed by atoms with Crippen LogP contribution in [0.1, 0.15) is 5.56 Å². The van der Waals surface area contributed by atoms with Crippen molar-refractivity contribution < 1.29 is 4.74 Å². The van der Waals surface area contributed by atoms with Gasteiger partial charge in [0.2, 0.25) is 0 Å². The van der Waals surface area contributed by atoms with E-state index in [4.69, 9.17) is 16.3 Å². The third-order valence-electron chi connectivity index (χ3n) is 2.42. The van der Waals surface area contributed by atoms with Crippen molar-refractivity contribution in [3.8, 4) is 5.75 Å². The standard InChI is InChI=1S/C13H12BrClN2O/c1-18-11-6-5-10(14)7-9(11)8-16-13-4-2-3-12(15)17-13/h2-7H,8H2,1H3,(H,16,17). The lowest BCUT2D eigenvalue weighted by Crippen LogP contribution is -2.03. The second-order valence-corrected chi connectivity index (χ2v) is 4.96. The molecular weight excluding hydrogens is 316 g/mol. The number of anilines is 1. The summed E-state index contributed by atoms with van der Waals surface area (Å²) in [6, 6.07) is 11.3. The van der Waals surface area contributed by atoms with Crippen LogP contribution in [0.25, 0.3) is 0 Å². The van der Waals surface area contributed by atoms with Gasteiger partial charge < -0.3 is 10.1 Å². The van der Waals surface area contributed by atoms with E-state index in [0.29, 0.717) is 11.7 Å². The van der Waals surface area contributed by atoms with Gasteiger partial charge in [0.15, 0.2) is 0 Å². The summed E-state index contributed by atoms with van der Waals surface area (Å²) in [6.45, 7) is 0.621. The number of rotatable bonds is 4. The van der Waals surface area contributed by atoms with Gasteiger partial charge in [0.1, 0.15) is 16.7 Å². The molecular formula is C13H12BrClN2O. The first-order valence-corrected chi connectivity index (χ1v) is 6.55. The van der Waals surface area contributed by atoms with Gasteiger partial charge in [-0.25, -0.2) is 4.98 Å². The van der Waals surface area contributed by atoms with Gasteiger partial charge in [-0.3, -0.25) is 0 Å². The number of nitrogens with one attached hydrogen (secondary N) is 1. The summed E-state index contributed by atoms with van der Waals surface area (Å²) >= 11 is 9.27. The van der Waals surface area contributed by atoms with Crippen LogP contribution in [-0.2, 0) is 6.54 Å². The van der Waals surface area contributed by atoms with E-state index in [1.54, 1.807) is 13.2 Å². The molecule has 0 bridgehead atoms. The molecule has 0 amide bonds. The fourth-order valence-electron chi connectivity index (χ4n) is 1.58. The number of ether oxygens (including phenoxy) is 1. The van der Waals surface area contributed by atoms with Gasteiger partial charge in [-0.05, 0) is 30.3 Å². The largest absolute Gasteiger partial charge is 0.496 e. The molecule has 0 fully saturated rings.